The zero-order chi connectivity index (χ0) is 13.1. The molecule has 0 radical (unpaired) electrons. The molecule has 0 aliphatic heterocycles. The van der Waals surface area contributed by atoms with Gasteiger partial charge in [0.05, 0.1) is 0 Å². The number of rotatable bonds is 4. The monoisotopic (exact) mass is 233 g/mol. The lowest BCUT2D eigenvalue weighted by molar-refractivity contribution is 0.586. The standard InChI is InChI=1S/C16H27N/c1-12-9-14(8-6-7-13(2)17)11-15(10-12)16(3,4)5/h9-11,13H,6-8,17H2,1-5H3/t13-/m0/s1. The lowest BCUT2D eigenvalue weighted by Crippen LogP contribution is -2.15. The quantitative estimate of drug-likeness (QED) is 0.837. The average molecular weight is 233 g/mol. The van der Waals surface area contributed by atoms with E-state index in [0.717, 1.165) is 12.8 Å². The Morgan fingerprint density at radius 1 is 1.18 bits per heavy atom. The van der Waals surface area contributed by atoms with Crippen LogP contribution in [0.1, 0.15) is 57.2 Å². The van der Waals surface area contributed by atoms with Gasteiger partial charge in [0.15, 0.2) is 0 Å². The van der Waals surface area contributed by atoms with Gasteiger partial charge in [-0.25, -0.2) is 0 Å². The van der Waals surface area contributed by atoms with Crippen molar-refractivity contribution in [3.05, 3.63) is 34.9 Å². The molecule has 1 aromatic carbocycles. The van der Waals surface area contributed by atoms with Gasteiger partial charge >= 0.3 is 0 Å². The zero-order valence-electron chi connectivity index (χ0n) is 12.0. The van der Waals surface area contributed by atoms with Crippen LogP contribution in [0.25, 0.3) is 0 Å². The summed E-state index contributed by atoms with van der Waals surface area (Å²) in [5.41, 5.74) is 10.3. The van der Waals surface area contributed by atoms with E-state index >= 15 is 0 Å². The number of hydrogen-bond acceptors (Lipinski definition) is 1. The maximum atomic E-state index is 5.79. The lowest BCUT2D eigenvalue weighted by atomic mass is 9.84. The largest absolute Gasteiger partial charge is 0.328 e. The van der Waals surface area contributed by atoms with E-state index in [2.05, 4.69) is 52.8 Å². The van der Waals surface area contributed by atoms with Crippen LogP contribution >= 0.6 is 0 Å². The molecule has 0 unspecified atom stereocenters. The summed E-state index contributed by atoms with van der Waals surface area (Å²) in [5, 5.41) is 0. The molecule has 0 saturated carbocycles. The molecule has 96 valence electrons. The Morgan fingerprint density at radius 2 is 1.82 bits per heavy atom. The first-order valence-corrected chi connectivity index (χ1v) is 6.65. The van der Waals surface area contributed by atoms with E-state index in [1.807, 2.05) is 0 Å². The Morgan fingerprint density at radius 3 is 2.35 bits per heavy atom. The van der Waals surface area contributed by atoms with E-state index in [0.29, 0.717) is 6.04 Å². The SMILES string of the molecule is Cc1cc(CCC[C@H](C)N)cc(C(C)(C)C)c1. The topological polar surface area (TPSA) is 26.0 Å². The summed E-state index contributed by atoms with van der Waals surface area (Å²) in [5.74, 6) is 0. The molecule has 1 atom stereocenters. The zero-order valence-corrected chi connectivity index (χ0v) is 12.0. The molecule has 0 saturated heterocycles. The first kappa shape index (κ1) is 14.2. The molecular weight excluding hydrogens is 206 g/mol. The summed E-state index contributed by atoms with van der Waals surface area (Å²) in [4.78, 5) is 0. The third-order valence-corrected chi connectivity index (χ3v) is 3.13. The first-order chi connectivity index (χ1) is 7.79. The minimum atomic E-state index is 0.238. The van der Waals surface area contributed by atoms with E-state index in [1.54, 1.807) is 0 Å². The number of benzene rings is 1. The van der Waals surface area contributed by atoms with Gasteiger partial charge in [0.25, 0.3) is 0 Å². The minimum absolute atomic E-state index is 0.238. The van der Waals surface area contributed by atoms with E-state index < -0.39 is 0 Å². The molecule has 1 heteroatoms. The molecule has 0 aliphatic rings. The summed E-state index contributed by atoms with van der Waals surface area (Å²) < 4.78 is 0. The summed E-state index contributed by atoms with van der Waals surface area (Å²) >= 11 is 0. The summed E-state index contributed by atoms with van der Waals surface area (Å²) in [6.45, 7) is 11.1. The molecule has 0 bridgehead atoms. The van der Waals surface area contributed by atoms with Gasteiger partial charge in [0.1, 0.15) is 0 Å². The van der Waals surface area contributed by atoms with Crippen LogP contribution in [0, 0.1) is 6.92 Å². The van der Waals surface area contributed by atoms with Gasteiger partial charge in [-0.1, -0.05) is 44.5 Å². The molecule has 1 rings (SSSR count). The Kier molecular flexibility index (Phi) is 4.76. The van der Waals surface area contributed by atoms with Gasteiger partial charge in [0, 0.05) is 6.04 Å². The van der Waals surface area contributed by atoms with Crippen molar-refractivity contribution in [2.24, 2.45) is 5.73 Å². The van der Waals surface area contributed by atoms with Crippen LogP contribution < -0.4 is 5.73 Å². The highest BCUT2D eigenvalue weighted by Crippen LogP contribution is 2.25. The summed E-state index contributed by atoms with van der Waals surface area (Å²) in [6, 6.07) is 7.28. The minimum Gasteiger partial charge on any atom is -0.328 e. The van der Waals surface area contributed by atoms with Crippen LogP contribution in [-0.2, 0) is 11.8 Å². The van der Waals surface area contributed by atoms with Gasteiger partial charge in [-0.15, -0.1) is 0 Å². The maximum absolute atomic E-state index is 5.79. The summed E-state index contributed by atoms with van der Waals surface area (Å²) in [7, 11) is 0. The average Bonchev–Trinajstić information content (AvgIpc) is 2.14. The smallest absolute Gasteiger partial charge is 0.00105 e. The van der Waals surface area contributed by atoms with E-state index in [-0.39, 0.29) is 5.41 Å². The van der Waals surface area contributed by atoms with Gasteiger partial charge in [-0.2, -0.15) is 0 Å². The van der Waals surface area contributed by atoms with Crippen LogP contribution in [0.2, 0.25) is 0 Å². The Bertz CT molecular complexity index is 358. The molecular formula is C16H27N. The highest BCUT2D eigenvalue weighted by atomic mass is 14.6. The van der Waals surface area contributed by atoms with Crippen molar-refractivity contribution in [3.63, 3.8) is 0 Å². The van der Waals surface area contributed by atoms with Gasteiger partial charge in [-0.05, 0) is 49.7 Å². The van der Waals surface area contributed by atoms with Crippen LogP contribution in [0.4, 0.5) is 0 Å². The fraction of sp³-hybridized carbons (Fsp3) is 0.625. The Balaban J connectivity index is 2.76. The Labute approximate surface area is 106 Å². The highest BCUT2D eigenvalue weighted by Gasteiger charge is 2.14. The van der Waals surface area contributed by atoms with Crippen molar-refractivity contribution in [1.29, 1.82) is 0 Å². The molecule has 0 spiro atoms. The van der Waals surface area contributed by atoms with E-state index in [1.165, 1.54) is 23.1 Å². The second-order valence-corrected chi connectivity index (χ2v) is 6.33. The van der Waals surface area contributed by atoms with Crippen molar-refractivity contribution in [2.45, 2.75) is 65.3 Å². The van der Waals surface area contributed by atoms with Gasteiger partial charge in [0.2, 0.25) is 0 Å². The molecule has 1 aromatic rings. The molecule has 0 amide bonds. The molecule has 2 N–H and O–H groups in total. The van der Waals surface area contributed by atoms with E-state index in [9.17, 15) is 0 Å². The van der Waals surface area contributed by atoms with Crippen LogP contribution in [0.5, 0.6) is 0 Å². The van der Waals surface area contributed by atoms with Crippen molar-refractivity contribution in [3.8, 4) is 0 Å². The predicted octanol–water partition coefficient (Wildman–Crippen LogP) is 3.96. The van der Waals surface area contributed by atoms with Crippen molar-refractivity contribution in [1.82, 2.24) is 0 Å². The van der Waals surface area contributed by atoms with Crippen LogP contribution in [0.15, 0.2) is 18.2 Å². The third-order valence-electron chi connectivity index (χ3n) is 3.13. The first-order valence-electron chi connectivity index (χ1n) is 6.65. The van der Waals surface area contributed by atoms with E-state index in [4.69, 9.17) is 5.73 Å². The van der Waals surface area contributed by atoms with Crippen LogP contribution in [0.3, 0.4) is 0 Å². The molecule has 0 fully saturated rings. The third kappa shape index (κ3) is 4.91. The summed E-state index contributed by atoms with van der Waals surface area (Å²) in [6.07, 6.45) is 3.44. The fourth-order valence-electron chi connectivity index (χ4n) is 2.07. The van der Waals surface area contributed by atoms with Crippen LogP contribution in [-0.4, -0.2) is 6.04 Å². The normalized spacial score (nSPS) is 13.8. The second-order valence-electron chi connectivity index (χ2n) is 6.33. The molecule has 0 heterocycles. The number of hydrogen-bond donors (Lipinski definition) is 1. The highest BCUT2D eigenvalue weighted by molar-refractivity contribution is 5.33. The van der Waals surface area contributed by atoms with Crippen molar-refractivity contribution >= 4 is 0 Å². The fourth-order valence-corrected chi connectivity index (χ4v) is 2.07. The molecule has 0 aromatic heterocycles. The van der Waals surface area contributed by atoms with Gasteiger partial charge in [-0.3, -0.25) is 0 Å². The second kappa shape index (κ2) is 5.68. The number of nitrogens with two attached hydrogens (primary N) is 1. The van der Waals surface area contributed by atoms with Crippen molar-refractivity contribution < 1.29 is 0 Å². The predicted molar refractivity (Wildman–Crippen MR) is 76.5 cm³/mol. The number of aryl methyl sites for hydroxylation is 2. The lowest BCUT2D eigenvalue weighted by Gasteiger charge is -2.21. The van der Waals surface area contributed by atoms with Gasteiger partial charge < -0.3 is 5.73 Å². The molecule has 17 heavy (non-hydrogen) atoms. The molecule has 1 nitrogen and oxygen atoms in total. The van der Waals surface area contributed by atoms with Crippen molar-refractivity contribution in [2.75, 3.05) is 0 Å². The molecule has 0 aliphatic carbocycles. The maximum Gasteiger partial charge on any atom is 0.00105 e. The Hall–Kier alpha value is -0.820.